The highest BCUT2D eigenvalue weighted by atomic mass is 35.5. The highest BCUT2D eigenvalue weighted by Gasteiger charge is 2.26. The second-order valence-electron chi connectivity index (χ2n) is 6.91. The highest BCUT2D eigenvalue weighted by Crippen LogP contribution is 2.27. The van der Waals surface area contributed by atoms with Gasteiger partial charge in [0.05, 0.1) is 12.2 Å². The maximum absolute atomic E-state index is 12.8. The van der Waals surface area contributed by atoms with Crippen LogP contribution in [0.25, 0.3) is 0 Å². The van der Waals surface area contributed by atoms with Crippen LogP contribution in [-0.2, 0) is 4.79 Å². The molecule has 0 saturated carbocycles. The number of nitrogens with one attached hydrogen (secondary N) is 1. The third-order valence-electron chi connectivity index (χ3n) is 4.91. The van der Waals surface area contributed by atoms with Crippen molar-refractivity contribution in [1.29, 1.82) is 0 Å². The molecule has 1 saturated heterocycles. The van der Waals surface area contributed by atoms with Gasteiger partial charge in [-0.05, 0) is 49.1 Å². The molecule has 7 nitrogen and oxygen atoms in total. The zero-order chi connectivity index (χ0) is 19.5. The van der Waals surface area contributed by atoms with Crippen molar-refractivity contribution in [3.8, 4) is 11.6 Å². The van der Waals surface area contributed by atoms with Crippen LogP contribution in [0.3, 0.4) is 0 Å². The van der Waals surface area contributed by atoms with Crippen molar-refractivity contribution in [3.63, 3.8) is 0 Å². The molecule has 2 aromatic rings. The van der Waals surface area contributed by atoms with Crippen LogP contribution in [0.5, 0.6) is 11.6 Å². The summed E-state index contributed by atoms with van der Waals surface area (Å²) in [6.07, 6.45) is 3.24. The molecule has 0 radical (unpaired) electrons. The van der Waals surface area contributed by atoms with Crippen molar-refractivity contribution in [2.45, 2.75) is 12.8 Å². The largest absolute Gasteiger partial charge is 0.493 e. The first-order valence-electron chi connectivity index (χ1n) is 9.19. The number of amides is 2. The Balaban J connectivity index is 1.31. The third kappa shape index (κ3) is 4.20. The number of anilines is 1. The smallest absolute Gasteiger partial charge is 0.262 e. The van der Waals surface area contributed by atoms with Crippen molar-refractivity contribution in [3.05, 3.63) is 47.1 Å². The first-order valence-corrected chi connectivity index (χ1v) is 9.56. The Labute approximate surface area is 167 Å². The number of hydrogen-bond acceptors (Lipinski definition) is 5. The molecule has 0 aliphatic carbocycles. The lowest BCUT2D eigenvalue weighted by molar-refractivity contribution is -0.118. The second-order valence-corrected chi connectivity index (χ2v) is 7.35. The highest BCUT2D eigenvalue weighted by molar-refractivity contribution is 6.30. The lowest BCUT2D eigenvalue weighted by Crippen LogP contribution is -2.39. The van der Waals surface area contributed by atoms with E-state index in [2.05, 4.69) is 10.3 Å². The van der Waals surface area contributed by atoms with Gasteiger partial charge in [-0.1, -0.05) is 11.6 Å². The van der Waals surface area contributed by atoms with Gasteiger partial charge in [0.2, 0.25) is 5.88 Å². The average molecular weight is 402 g/mol. The Bertz CT molecular complexity index is 880. The molecule has 1 fully saturated rings. The summed E-state index contributed by atoms with van der Waals surface area (Å²) in [4.78, 5) is 30.2. The van der Waals surface area contributed by atoms with Gasteiger partial charge in [0, 0.05) is 24.3 Å². The van der Waals surface area contributed by atoms with Crippen LogP contribution in [0.15, 0.2) is 36.5 Å². The quantitative estimate of drug-likeness (QED) is 0.851. The van der Waals surface area contributed by atoms with Crippen LogP contribution in [0, 0.1) is 5.92 Å². The van der Waals surface area contributed by atoms with Crippen LogP contribution in [0.1, 0.15) is 23.2 Å². The fourth-order valence-electron chi connectivity index (χ4n) is 3.32. The summed E-state index contributed by atoms with van der Waals surface area (Å²) in [6, 6.07) is 8.94. The van der Waals surface area contributed by atoms with Gasteiger partial charge < -0.3 is 19.7 Å². The molecule has 2 aliphatic heterocycles. The lowest BCUT2D eigenvalue weighted by atomic mass is 9.97. The van der Waals surface area contributed by atoms with E-state index in [1.807, 2.05) is 17.0 Å². The number of likely N-dealkylation sites (tertiary alicyclic amines) is 1. The summed E-state index contributed by atoms with van der Waals surface area (Å²) < 4.78 is 11.1. The molecule has 1 aromatic heterocycles. The predicted molar refractivity (Wildman–Crippen MR) is 104 cm³/mol. The minimum Gasteiger partial charge on any atom is -0.493 e. The van der Waals surface area contributed by atoms with Crippen molar-refractivity contribution in [2.24, 2.45) is 5.92 Å². The number of carbonyl (C=O) groups excluding carboxylic acids is 2. The molecule has 8 heteroatoms. The Morgan fingerprint density at radius 1 is 1.29 bits per heavy atom. The van der Waals surface area contributed by atoms with Crippen LogP contribution in [-0.4, -0.2) is 48.0 Å². The monoisotopic (exact) mass is 401 g/mol. The van der Waals surface area contributed by atoms with Crippen LogP contribution in [0.2, 0.25) is 5.02 Å². The molecule has 146 valence electrons. The zero-order valence-corrected chi connectivity index (χ0v) is 15.9. The minimum atomic E-state index is -0.250. The fourth-order valence-corrected chi connectivity index (χ4v) is 3.45. The molecule has 0 atom stereocenters. The third-order valence-corrected chi connectivity index (χ3v) is 5.17. The normalized spacial score (nSPS) is 16.8. The van der Waals surface area contributed by atoms with Crippen molar-refractivity contribution >= 4 is 29.1 Å². The zero-order valence-electron chi connectivity index (χ0n) is 15.2. The van der Waals surface area contributed by atoms with Crippen molar-refractivity contribution < 1.29 is 19.1 Å². The van der Waals surface area contributed by atoms with Gasteiger partial charge in [-0.25, -0.2) is 4.98 Å². The van der Waals surface area contributed by atoms with Gasteiger partial charge in [-0.15, -0.1) is 0 Å². The van der Waals surface area contributed by atoms with Crippen LogP contribution in [0.4, 0.5) is 5.69 Å². The van der Waals surface area contributed by atoms with E-state index in [1.54, 1.807) is 18.2 Å². The van der Waals surface area contributed by atoms with Crippen LogP contribution < -0.4 is 14.8 Å². The van der Waals surface area contributed by atoms with Crippen molar-refractivity contribution in [1.82, 2.24) is 9.88 Å². The number of piperidine rings is 1. The molecule has 1 aromatic carbocycles. The van der Waals surface area contributed by atoms with E-state index in [1.165, 1.54) is 6.20 Å². The van der Waals surface area contributed by atoms with E-state index < -0.39 is 0 Å². The van der Waals surface area contributed by atoms with Gasteiger partial charge in [0.1, 0.15) is 11.4 Å². The average Bonchev–Trinajstić information content (AvgIpc) is 2.72. The van der Waals surface area contributed by atoms with E-state index in [9.17, 15) is 9.59 Å². The standard InChI is InChI=1S/C20H20ClN3O4/c21-15-1-3-16(4-2-15)27-11-13-5-7-24(8-6-13)20(26)14-9-17-19(22-10-14)28-12-18(25)23-17/h1-4,9-10,13H,5-8,11-12H2,(H,23,25). The first kappa shape index (κ1) is 18.6. The molecule has 1 N–H and O–H groups in total. The number of benzene rings is 1. The second kappa shape index (κ2) is 8.06. The van der Waals surface area contributed by atoms with E-state index in [0.717, 1.165) is 18.6 Å². The van der Waals surface area contributed by atoms with Gasteiger partial charge in [-0.2, -0.15) is 0 Å². The Hall–Kier alpha value is -2.80. The summed E-state index contributed by atoms with van der Waals surface area (Å²) in [5.74, 6) is 1.20. The molecule has 4 rings (SSSR count). The maximum atomic E-state index is 12.8. The van der Waals surface area contributed by atoms with E-state index in [4.69, 9.17) is 21.1 Å². The fraction of sp³-hybridized carbons (Fsp3) is 0.350. The number of rotatable bonds is 4. The molecule has 3 heterocycles. The number of pyridine rings is 1. The molecular weight excluding hydrogens is 382 g/mol. The predicted octanol–water partition coefficient (Wildman–Crippen LogP) is 3.00. The Morgan fingerprint density at radius 2 is 2.04 bits per heavy atom. The van der Waals surface area contributed by atoms with Gasteiger partial charge in [0.25, 0.3) is 11.8 Å². The summed E-state index contributed by atoms with van der Waals surface area (Å²) in [5.41, 5.74) is 0.883. The number of carbonyl (C=O) groups is 2. The van der Waals surface area contributed by atoms with Crippen molar-refractivity contribution in [2.75, 3.05) is 31.6 Å². The summed E-state index contributed by atoms with van der Waals surface area (Å²) in [7, 11) is 0. The lowest BCUT2D eigenvalue weighted by Gasteiger charge is -2.32. The first-order chi connectivity index (χ1) is 13.6. The summed E-state index contributed by atoms with van der Waals surface area (Å²) in [5, 5.41) is 3.36. The topological polar surface area (TPSA) is 80.8 Å². The Morgan fingerprint density at radius 3 is 2.79 bits per heavy atom. The van der Waals surface area contributed by atoms with E-state index >= 15 is 0 Å². The molecule has 2 aliphatic rings. The molecule has 0 bridgehead atoms. The van der Waals surface area contributed by atoms with Gasteiger partial charge in [-0.3, -0.25) is 9.59 Å². The minimum absolute atomic E-state index is 0.0566. The molecule has 28 heavy (non-hydrogen) atoms. The van der Waals surface area contributed by atoms with E-state index in [-0.39, 0.29) is 18.4 Å². The SMILES string of the molecule is O=C1COc2ncc(C(=O)N3CCC(COc4ccc(Cl)cc4)CC3)cc2N1. The molecule has 2 amide bonds. The number of aromatic nitrogens is 1. The number of fused-ring (bicyclic) bond motifs is 1. The number of hydrogen-bond donors (Lipinski definition) is 1. The number of ether oxygens (including phenoxy) is 2. The molecule has 0 unspecified atom stereocenters. The Kier molecular flexibility index (Phi) is 5.34. The number of nitrogens with zero attached hydrogens (tertiary/aromatic N) is 2. The number of halogens is 1. The maximum Gasteiger partial charge on any atom is 0.262 e. The van der Waals surface area contributed by atoms with E-state index in [0.29, 0.717) is 47.8 Å². The molecule has 0 spiro atoms. The van der Waals surface area contributed by atoms with Crippen LogP contribution >= 0.6 is 11.6 Å². The van der Waals surface area contributed by atoms with Gasteiger partial charge >= 0.3 is 0 Å². The van der Waals surface area contributed by atoms with Gasteiger partial charge in [0.15, 0.2) is 6.61 Å². The summed E-state index contributed by atoms with van der Waals surface area (Å²) >= 11 is 5.88. The summed E-state index contributed by atoms with van der Waals surface area (Å²) in [6.45, 7) is 1.88. The molecular formula is C20H20ClN3O4.